The lowest BCUT2D eigenvalue weighted by Gasteiger charge is -2.06. The van der Waals surface area contributed by atoms with Crippen LogP contribution in [0.25, 0.3) is 0 Å². The van der Waals surface area contributed by atoms with Crippen molar-refractivity contribution in [2.45, 2.75) is 0 Å². The second-order valence-electron chi connectivity index (χ2n) is 2.98. The van der Waals surface area contributed by atoms with Crippen LogP contribution in [0.5, 0.6) is 0 Å². The highest BCUT2D eigenvalue weighted by molar-refractivity contribution is 9.10. The van der Waals surface area contributed by atoms with E-state index in [1.807, 2.05) is 18.2 Å². The molecule has 3 nitrogen and oxygen atoms in total. The molecular weight excluding hydrogens is 357 g/mol. The molecule has 0 saturated carbocycles. The van der Waals surface area contributed by atoms with E-state index >= 15 is 0 Å². The van der Waals surface area contributed by atoms with E-state index in [9.17, 15) is 0 Å². The van der Waals surface area contributed by atoms with Crippen molar-refractivity contribution in [3.05, 3.63) is 44.7 Å². The lowest BCUT2D eigenvalue weighted by molar-refractivity contribution is 1.14. The Kier molecular flexibility index (Phi) is 3.78. The lowest BCUT2D eigenvalue weighted by atomic mass is 10.3. The van der Waals surface area contributed by atoms with Crippen LogP contribution in [-0.2, 0) is 0 Å². The Hall–Kier alpha value is -0.650. The van der Waals surface area contributed by atoms with Crippen molar-refractivity contribution in [1.82, 2.24) is 9.97 Å². The number of benzene rings is 1. The fraction of sp³-hybridized carbons (Fsp3) is 0. The summed E-state index contributed by atoms with van der Waals surface area (Å²) in [4.78, 5) is 8.03. The Labute approximate surface area is 115 Å². The van der Waals surface area contributed by atoms with Crippen LogP contribution >= 0.6 is 43.5 Å². The number of nitrogens with zero attached hydrogens (tertiary/aromatic N) is 2. The van der Waals surface area contributed by atoms with Gasteiger partial charge in [-0.1, -0.05) is 11.6 Å². The lowest BCUT2D eigenvalue weighted by Crippen LogP contribution is -1.94. The molecule has 82 valence electrons. The van der Waals surface area contributed by atoms with Gasteiger partial charge in [-0.15, -0.1) is 0 Å². The monoisotopic (exact) mass is 361 g/mol. The first-order valence-electron chi connectivity index (χ1n) is 4.35. The molecule has 0 unspecified atom stereocenters. The summed E-state index contributed by atoms with van der Waals surface area (Å²) >= 11 is 12.5. The zero-order valence-electron chi connectivity index (χ0n) is 7.92. The minimum Gasteiger partial charge on any atom is -0.340 e. The van der Waals surface area contributed by atoms with Crippen LogP contribution in [0.4, 0.5) is 11.5 Å². The molecule has 0 fully saturated rings. The zero-order valence-corrected chi connectivity index (χ0v) is 11.8. The van der Waals surface area contributed by atoms with Crippen molar-refractivity contribution >= 4 is 55.0 Å². The smallest absolute Gasteiger partial charge is 0.134 e. The summed E-state index contributed by atoms with van der Waals surface area (Å²) < 4.78 is 1.57. The first-order chi connectivity index (χ1) is 7.65. The Morgan fingerprint density at radius 2 is 1.94 bits per heavy atom. The third-order valence-corrected chi connectivity index (χ3v) is 3.47. The molecule has 0 atom stereocenters. The molecule has 6 heteroatoms. The summed E-state index contributed by atoms with van der Waals surface area (Å²) in [7, 11) is 0. The molecule has 0 aliphatic rings. The van der Waals surface area contributed by atoms with Gasteiger partial charge in [0.25, 0.3) is 0 Å². The molecule has 1 aromatic heterocycles. The van der Waals surface area contributed by atoms with Gasteiger partial charge in [-0.3, -0.25) is 0 Å². The van der Waals surface area contributed by atoms with Crippen LogP contribution in [-0.4, -0.2) is 9.97 Å². The van der Waals surface area contributed by atoms with Gasteiger partial charge >= 0.3 is 0 Å². The van der Waals surface area contributed by atoms with E-state index in [0.717, 1.165) is 20.6 Å². The van der Waals surface area contributed by atoms with Gasteiger partial charge in [-0.2, -0.15) is 0 Å². The van der Waals surface area contributed by atoms with Crippen LogP contribution in [0.1, 0.15) is 0 Å². The molecule has 0 bridgehead atoms. The second kappa shape index (κ2) is 5.12. The molecule has 0 spiro atoms. The Morgan fingerprint density at radius 1 is 1.12 bits per heavy atom. The van der Waals surface area contributed by atoms with Gasteiger partial charge in [-0.25, -0.2) is 9.97 Å². The average Bonchev–Trinajstić information content (AvgIpc) is 2.24. The van der Waals surface area contributed by atoms with Crippen molar-refractivity contribution < 1.29 is 0 Å². The molecule has 2 aromatic rings. The number of hydrogen-bond acceptors (Lipinski definition) is 3. The Bertz CT molecular complexity index is 519. The molecule has 0 amide bonds. The third kappa shape index (κ3) is 2.93. The van der Waals surface area contributed by atoms with Crippen molar-refractivity contribution in [1.29, 1.82) is 0 Å². The maximum atomic E-state index is 5.90. The third-order valence-electron chi connectivity index (χ3n) is 1.83. The molecule has 2 rings (SSSR count). The van der Waals surface area contributed by atoms with E-state index in [2.05, 4.69) is 47.1 Å². The standard InChI is InChI=1S/C10H6Br2ClN3/c11-7-3-6(1-2-8(7)13)16-10-4-9(12)14-5-15-10/h1-5H,(H,14,15,16). The molecule has 0 aliphatic heterocycles. The van der Waals surface area contributed by atoms with Gasteiger partial charge in [0.15, 0.2) is 0 Å². The summed E-state index contributed by atoms with van der Waals surface area (Å²) in [5.74, 6) is 0.719. The van der Waals surface area contributed by atoms with E-state index in [4.69, 9.17) is 11.6 Å². The number of anilines is 2. The SMILES string of the molecule is Clc1ccc(Nc2cc(Br)ncn2)cc1Br. The van der Waals surface area contributed by atoms with Gasteiger partial charge in [-0.05, 0) is 50.1 Å². The van der Waals surface area contributed by atoms with E-state index in [1.54, 1.807) is 6.07 Å². The van der Waals surface area contributed by atoms with E-state index in [1.165, 1.54) is 6.33 Å². The van der Waals surface area contributed by atoms with Crippen molar-refractivity contribution in [3.63, 3.8) is 0 Å². The summed E-state index contributed by atoms with van der Waals surface area (Å²) in [5.41, 5.74) is 0.905. The number of aromatic nitrogens is 2. The Morgan fingerprint density at radius 3 is 2.62 bits per heavy atom. The predicted molar refractivity (Wildman–Crippen MR) is 72.2 cm³/mol. The minimum absolute atomic E-state index is 0.675. The molecular formula is C10H6Br2ClN3. The van der Waals surface area contributed by atoms with Crippen molar-refractivity contribution in [2.75, 3.05) is 5.32 Å². The second-order valence-corrected chi connectivity index (χ2v) is 5.05. The van der Waals surface area contributed by atoms with Crippen molar-refractivity contribution in [3.8, 4) is 0 Å². The zero-order chi connectivity index (χ0) is 11.5. The fourth-order valence-electron chi connectivity index (χ4n) is 1.12. The number of hydrogen-bond donors (Lipinski definition) is 1. The van der Waals surface area contributed by atoms with Gasteiger partial charge in [0, 0.05) is 16.2 Å². The molecule has 0 aliphatic carbocycles. The topological polar surface area (TPSA) is 37.8 Å². The first kappa shape index (κ1) is 11.8. The molecule has 16 heavy (non-hydrogen) atoms. The molecule has 1 aromatic carbocycles. The van der Waals surface area contributed by atoms with Gasteiger partial charge in [0.1, 0.15) is 16.7 Å². The molecule has 0 radical (unpaired) electrons. The maximum Gasteiger partial charge on any atom is 0.134 e. The summed E-state index contributed by atoms with van der Waals surface area (Å²) in [5, 5.41) is 3.82. The van der Waals surface area contributed by atoms with Crippen LogP contribution in [0.15, 0.2) is 39.7 Å². The maximum absolute atomic E-state index is 5.90. The molecule has 0 saturated heterocycles. The summed E-state index contributed by atoms with van der Waals surface area (Å²) in [6.45, 7) is 0. The van der Waals surface area contributed by atoms with Crippen LogP contribution in [0.2, 0.25) is 5.02 Å². The Balaban J connectivity index is 2.24. The number of rotatable bonds is 2. The summed E-state index contributed by atoms with van der Waals surface area (Å²) in [6.07, 6.45) is 1.48. The summed E-state index contributed by atoms with van der Waals surface area (Å²) in [6, 6.07) is 7.37. The quantitative estimate of drug-likeness (QED) is 0.804. The predicted octanol–water partition coefficient (Wildman–Crippen LogP) is 4.40. The highest BCUT2D eigenvalue weighted by Crippen LogP contribution is 2.27. The van der Waals surface area contributed by atoms with Gasteiger partial charge < -0.3 is 5.32 Å². The minimum atomic E-state index is 0.675. The van der Waals surface area contributed by atoms with Crippen LogP contribution in [0, 0.1) is 0 Å². The average molecular weight is 363 g/mol. The molecule has 1 N–H and O–H groups in total. The van der Waals surface area contributed by atoms with E-state index < -0.39 is 0 Å². The van der Waals surface area contributed by atoms with E-state index in [0.29, 0.717) is 5.02 Å². The van der Waals surface area contributed by atoms with Crippen LogP contribution in [0.3, 0.4) is 0 Å². The first-order valence-corrected chi connectivity index (χ1v) is 6.31. The highest BCUT2D eigenvalue weighted by atomic mass is 79.9. The van der Waals surface area contributed by atoms with E-state index in [-0.39, 0.29) is 0 Å². The fourth-order valence-corrected chi connectivity index (χ4v) is 1.93. The number of nitrogens with one attached hydrogen (secondary N) is 1. The number of halogens is 3. The van der Waals surface area contributed by atoms with Crippen LogP contribution < -0.4 is 5.32 Å². The largest absolute Gasteiger partial charge is 0.340 e. The van der Waals surface area contributed by atoms with Crippen molar-refractivity contribution in [2.24, 2.45) is 0 Å². The van der Waals surface area contributed by atoms with Gasteiger partial charge in [0.05, 0.1) is 5.02 Å². The molecule has 1 heterocycles. The van der Waals surface area contributed by atoms with Gasteiger partial charge in [0.2, 0.25) is 0 Å². The normalized spacial score (nSPS) is 10.2. The highest BCUT2D eigenvalue weighted by Gasteiger charge is 2.01.